The number of rotatable bonds is 7. The summed E-state index contributed by atoms with van der Waals surface area (Å²) in [6.07, 6.45) is 8.40. The molecule has 0 fully saturated rings. The molecular formula is C13H19N3O. The van der Waals surface area contributed by atoms with Crippen LogP contribution in [0.5, 0.6) is 0 Å². The van der Waals surface area contributed by atoms with Crippen molar-refractivity contribution in [1.29, 1.82) is 0 Å². The van der Waals surface area contributed by atoms with E-state index in [1.54, 1.807) is 12.5 Å². The lowest BCUT2D eigenvalue weighted by Gasteiger charge is -2.11. The summed E-state index contributed by atoms with van der Waals surface area (Å²) in [5, 5.41) is 3.48. The maximum absolute atomic E-state index is 5.31. The molecule has 4 nitrogen and oxygen atoms in total. The summed E-state index contributed by atoms with van der Waals surface area (Å²) in [4.78, 5) is 7.30. The van der Waals surface area contributed by atoms with E-state index in [0.717, 1.165) is 37.4 Å². The van der Waals surface area contributed by atoms with Gasteiger partial charge in [-0.2, -0.15) is 0 Å². The standard InChI is InChI=1S/C13H19N3O/c1-11(10-12-4-3-9-17-12)14-6-2-5-13-15-7-8-16-13/h3-4,7-9,11,14H,2,5-6,10H2,1H3,(H,15,16). The fourth-order valence-electron chi connectivity index (χ4n) is 1.84. The molecule has 0 aliphatic rings. The molecule has 0 aliphatic carbocycles. The predicted octanol–water partition coefficient (Wildman–Crippen LogP) is 2.16. The molecular weight excluding hydrogens is 214 g/mol. The van der Waals surface area contributed by atoms with Crippen molar-refractivity contribution >= 4 is 0 Å². The van der Waals surface area contributed by atoms with E-state index in [0.29, 0.717) is 6.04 Å². The fraction of sp³-hybridized carbons (Fsp3) is 0.462. The van der Waals surface area contributed by atoms with Crippen molar-refractivity contribution in [2.45, 2.75) is 32.2 Å². The molecule has 1 atom stereocenters. The number of nitrogens with one attached hydrogen (secondary N) is 2. The van der Waals surface area contributed by atoms with Crippen molar-refractivity contribution in [1.82, 2.24) is 15.3 Å². The lowest BCUT2D eigenvalue weighted by atomic mass is 10.2. The Morgan fingerprint density at radius 3 is 3.18 bits per heavy atom. The molecule has 17 heavy (non-hydrogen) atoms. The molecule has 2 rings (SSSR count). The van der Waals surface area contributed by atoms with Gasteiger partial charge in [0.1, 0.15) is 11.6 Å². The Balaban J connectivity index is 1.58. The first kappa shape index (κ1) is 11.9. The number of aromatic nitrogens is 2. The Bertz CT molecular complexity index is 394. The molecule has 0 spiro atoms. The summed E-state index contributed by atoms with van der Waals surface area (Å²) in [5.74, 6) is 2.10. The van der Waals surface area contributed by atoms with Crippen LogP contribution in [-0.4, -0.2) is 22.6 Å². The molecule has 0 amide bonds. The van der Waals surface area contributed by atoms with Crippen molar-refractivity contribution in [3.8, 4) is 0 Å². The first-order valence-corrected chi connectivity index (χ1v) is 6.08. The summed E-state index contributed by atoms with van der Waals surface area (Å²) >= 11 is 0. The predicted molar refractivity (Wildman–Crippen MR) is 66.8 cm³/mol. The molecule has 0 saturated heterocycles. The third kappa shape index (κ3) is 4.07. The Kier molecular flexibility index (Phi) is 4.38. The third-order valence-electron chi connectivity index (χ3n) is 2.73. The number of furan rings is 1. The van der Waals surface area contributed by atoms with Crippen LogP contribution in [0.3, 0.4) is 0 Å². The molecule has 2 aromatic rings. The molecule has 0 aromatic carbocycles. The van der Waals surface area contributed by atoms with Gasteiger partial charge in [-0.15, -0.1) is 0 Å². The highest BCUT2D eigenvalue weighted by molar-refractivity contribution is 4.99. The second-order valence-electron chi connectivity index (χ2n) is 4.28. The Labute approximate surface area is 101 Å². The van der Waals surface area contributed by atoms with Crippen LogP contribution in [0.15, 0.2) is 35.2 Å². The maximum atomic E-state index is 5.31. The molecule has 92 valence electrons. The molecule has 0 aliphatic heterocycles. The van der Waals surface area contributed by atoms with Gasteiger partial charge in [0.05, 0.1) is 6.26 Å². The molecule has 2 aromatic heterocycles. The summed E-state index contributed by atoms with van der Waals surface area (Å²) < 4.78 is 5.31. The van der Waals surface area contributed by atoms with Crippen LogP contribution < -0.4 is 5.32 Å². The molecule has 2 N–H and O–H groups in total. The van der Waals surface area contributed by atoms with Crippen molar-refractivity contribution in [2.24, 2.45) is 0 Å². The first-order chi connectivity index (χ1) is 8.34. The Morgan fingerprint density at radius 1 is 1.53 bits per heavy atom. The van der Waals surface area contributed by atoms with Gasteiger partial charge in [-0.1, -0.05) is 0 Å². The van der Waals surface area contributed by atoms with E-state index in [9.17, 15) is 0 Å². The van der Waals surface area contributed by atoms with Crippen LogP contribution in [0.1, 0.15) is 24.9 Å². The largest absolute Gasteiger partial charge is 0.469 e. The lowest BCUT2D eigenvalue weighted by molar-refractivity contribution is 0.454. The van der Waals surface area contributed by atoms with Crippen LogP contribution >= 0.6 is 0 Å². The Morgan fingerprint density at radius 2 is 2.47 bits per heavy atom. The molecule has 0 saturated carbocycles. The number of hydrogen-bond acceptors (Lipinski definition) is 3. The minimum atomic E-state index is 0.442. The zero-order chi connectivity index (χ0) is 11.9. The van der Waals surface area contributed by atoms with Gasteiger partial charge < -0.3 is 14.7 Å². The summed E-state index contributed by atoms with van der Waals surface area (Å²) in [7, 11) is 0. The molecule has 0 bridgehead atoms. The molecule has 2 heterocycles. The zero-order valence-electron chi connectivity index (χ0n) is 10.1. The van der Waals surface area contributed by atoms with Crippen LogP contribution in [0.2, 0.25) is 0 Å². The topological polar surface area (TPSA) is 53.9 Å². The van der Waals surface area contributed by atoms with Gasteiger partial charge in [0.25, 0.3) is 0 Å². The lowest BCUT2D eigenvalue weighted by Crippen LogP contribution is -2.29. The van der Waals surface area contributed by atoms with Crippen LogP contribution in [0.25, 0.3) is 0 Å². The van der Waals surface area contributed by atoms with E-state index in [2.05, 4.69) is 22.2 Å². The van der Waals surface area contributed by atoms with Gasteiger partial charge in [0.15, 0.2) is 0 Å². The van der Waals surface area contributed by atoms with Crippen molar-refractivity contribution < 1.29 is 4.42 Å². The average molecular weight is 233 g/mol. The number of nitrogens with zero attached hydrogens (tertiary/aromatic N) is 1. The zero-order valence-corrected chi connectivity index (χ0v) is 10.1. The second kappa shape index (κ2) is 6.25. The van der Waals surface area contributed by atoms with Crippen LogP contribution in [0.4, 0.5) is 0 Å². The highest BCUT2D eigenvalue weighted by Crippen LogP contribution is 2.03. The van der Waals surface area contributed by atoms with E-state index in [1.165, 1.54) is 0 Å². The highest BCUT2D eigenvalue weighted by atomic mass is 16.3. The molecule has 4 heteroatoms. The monoisotopic (exact) mass is 233 g/mol. The van der Waals surface area contributed by atoms with Crippen LogP contribution in [0, 0.1) is 0 Å². The minimum Gasteiger partial charge on any atom is -0.469 e. The minimum absolute atomic E-state index is 0.442. The summed E-state index contributed by atoms with van der Waals surface area (Å²) in [6, 6.07) is 4.39. The normalized spacial score (nSPS) is 12.8. The molecule has 1 unspecified atom stereocenters. The first-order valence-electron chi connectivity index (χ1n) is 6.08. The van der Waals surface area contributed by atoms with Crippen molar-refractivity contribution in [3.05, 3.63) is 42.4 Å². The number of H-pyrrole nitrogens is 1. The van der Waals surface area contributed by atoms with Gasteiger partial charge in [0, 0.05) is 31.3 Å². The highest BCUT2D eigenvalue weighted by Gasteiger charge is 2.04. The van der Waals surface area contributed by atoms with Crippen molar-refractivity contribution in [2.75, 3.05) is 6.54 Å². The van der Waals surface area contributed by atoms with E-state index >= 15 is 0 Å². The van der Waals surface area contributed by atoms with E-state index in [-0.39, 0.29) is 0 Å². The summed E-state index contributed by atoms with van der Waals surface area (Å²) in [5.41, 5.74) is 0. The number of aromatic amines is 1. The van der Waals surface area contributed by atoms with E-state index < -0.39 is 0 Å². The number of aryl methyl sites for hydroxylation is 1. The van der Waals surface area contributed by atoms with Gasteiger partial charge >= 0.3 is 0 Å². The second-order valence-corrected chi connectivity index (χ2v) is 4.28. The van der Waals surface area contributed by atoms with Crippen molar-refractivity contribution in [3.63, 3.8) is 0 Å². The van der Waals surface area contributed by atoms with E-state index in [1.807, 2.05) is 18.3 Å². The smallest absolute Gasteiger partial charge is 0.106 e. The van der Waals surface area contributed by atoms with E-state index in [4.69, 9.17) is 4.42 Å². The van der Waals surface area contributed by atoms with Gasteiger partial charge in [-0.3, -0.25) is 0 Å². The number of imidazole rings is 1. The van der Waals surface area contributed by atoms with Crippen LogP contribution in [-0.2, 0) is 12.8 Å². The maximum Gasteiger partial charge on any atom is 0.106 e. The fourth-order valence-corrected chi connectivity index (χ4v) is 1.84. The quantitative estimate of drug-likeness (QED) is 0.720. The summed E-state index contributed by atoms with van der Waals surface area (Å²) in [6.45, 7) is 3.18. The number of hydrogen-bond donors (Lipinski definition) is 2. The SMILES string of the molecule is CC(Cc1ccco1)NCCCc1ncc[nH]1. The van der Waals surface area contributed by atoms with Gasteiger partial charge in [0.2, 0.25) is 0 Å². The van der Waals surface area contributed by atoms with Gasteiger partial charge in [-0.25, -0.2) is 4.98 Å². The average Bonchev–Trinajstić information content (AvgIpc) is 2.96. The van der Waals surface area contributed by atoms with Gasteiger partial charge in [-0.05, 0) is 32.0 Å². The Hall–Kier alpha value is -1.55. The molecule has 0 radical (unpaired) electrons. The third-order valence-corrected chi connectivity index (χ3v) is 2.73.